The summed E-state index contributed by atoms with van der Waals surface area (Å²) in [6, 6.07) is 10.0. The van der Waals surface area contributed by atoms with E-state index in [-0.39, 0.29) is 23.9 Å². The summed E-state index contributed by atoms with van der Waals surface area (Å²) < 4.78 is 5.11. The lowest BCUT2D eigenvalue weighted by atomic mass is 9.89. The minimum Gasteiger partial charge on any atom is -0.463 e. The third-order valence-electron chi connectivity index (χ3n) is 5.74. The quantitative estimate of drug-likeness (QED) is 0.265. The molecular formula is C26H38O5. The van der Waals surface area contributed by atoms with Gasteiger partial charge in [0, 0.05) is 18.8 Å². The summed E-state index contributed by atoms with van der Waals surface area (Å²) in [6.07, 6.45) is 10.2. The molecule has 31 heavy (non-hydrogen) atoms. The lowest BCUT2D eigenvalue weighted by Crippen LogP contribution is -2.20. The first-order valence-corrected chi connectivity index (χ1v) is 11.5. The average molecular weight is 431 g/mol. The highest BCUT2D eigenvalue weighted by molar-refractivity contribution is 5.69. The number of hydrogen-bond donors (Lipinski definition) is 3. The summed E-state index contributed by atoms with van der Waals surface area (Å²) >= 11 is 0. The Labute approximate surface area is 186 Å². The highest BCUT2D eigenvalue weighted by atomic mass is 16.5. The van der Waals surface area contributed by atoms with Gasteiger partial charge in [-0.2, -0.15) is 0 Å². The molecule has 5 atom stereocenters. The summed E-state index contributed by atoms with van der Waals surface area (Å²) in [5, 5.41) is 31.0. The van der Waals surface area contributed by atoms with Crippen LogP contribution in [0.2, 0.25) is 0 Å². The van der Waals surface area contributed by atoms with Crippen LogP contribution in [-0.2, 0) is 16.0 Å². The van der Waals surface area contributed by atoms with Gasteiger partial charge in [0.25, 0.3) is 0 Å². The van der Waals surface area contributed by atoms with E-state index in [1.54, 1.807) is 6.08 Å². The van der Waals surface area contributed by atoms with E-state index in [1.807, 2.05) is 62.4 Å². The number of aliphatic hydroxyl groups is 3. The van der Waals surface area contributed by atoms with E-state index in [4.69, 9.17) is 4.74 Å². The molecule has 1 aliphatic carbocycles. The standard InChI is InChI=1S/C26H38O5/c1-19(2)31-26(30)13-9-4-3-8-12-22-23(25(29)18-24(22)28)17-16-21(27)15-14-20-10-6-5-7-11-20/h3,5-8,10-11,16-17,19,21-25,27-29H,4,9,12-15,18H2,1-2H3/b8-3-,17-16+/t21?,22-,23-,24+,25?/m1/s1. The van der Waals surface area contributed by atoms with Crippen LogP contribution in [0.25, 0.3) is 0 Å². The van der Waals surface area contributed by atoms with Crippen LogP contribution in [0.3, 0.4) is 0 Å². The van der Waals surface area contributed by atoms with E-state index < -0.39 is 18.3 Å². The Kier molecular flexibility index (Phi) is 11.0. The van der Waals surface area contributed by atoms with Gasteiger partial charge in [-0.15, -0.1) is 0 Å². The first-order valence-electron chi connectivity index (χ1n) is 11.5. The Morgan fingerprint density at radius 3 is 2.61 bits per heavy atom. The number of benzene rings is 1. The molecule has 3 N–H and O–H groups in total. The fourth-order valence-electron chi connectivity index (χ4n) is 4.08. The van der Waals surface area contributed by atoms with Crippen LogP contribution in [0, 0.1) is 11.8 Å². The topological polar surface area (TPSA) is 87.0 Å². The van der Waals surface area contributed by atoms with Gasteiger partial charge in [0.1, 0.15) is 0 Å². The highest BCUT2D eigenvalue weighted by Crippen LogP contribution is 2.36. The van der Waals surface area contributed by atoms with Crippen molar-refractivity contribution in [3.05, 3.63) is 60.2 Å². The largest absolute Gasteiger partial charge is 0.463 e. The zero-order valence-electron chi connectivity index (χ0n) is 18.8. The summed E-state index contributed by atoms with van der Waals surface area (Å²) in [6.45, 7) is 3.68. The number of hydrogen-bond acceptors (Lipinski definition) is 5. The summed E-state index contributed by atoms with van der Waals surface area (Å²) in [7, 11) is 0. The number of allylic oxidation sites excluding steroid dienone is 2. The molecule has 1 fully saturated rings. The molecule has 1 aromatic carbocycles. The summed E-state index contributed by atoms with van der Waals surface area (Å²) in [5.41, 5.74) is 1.19. The molecule has 5 nitrogen and oxygen atoms in total. The Bertz CT molecular complexity index is 697. The number of ether oxygens (including phenoxy) is 1. The molecule has 0 amide bonds. The lowest BCUT2D eigenvalue weighted by molar-refractivity contribution is -0.147. The van der Waals surface area contributed by atoms with E-state index >= 15 is 0 Å². The molecular weight excluding hydrogens is 392 g/mol. The molecule has 2 rings (SSSR count). The third kappa shape index (κ3) is 9.38. The van der Waals surface area contributed by atoms with Gasteiger partial charge in [0.15, 0.2) is 0 Å². The second-order valence-corrected chi connectivity index (χ2v) is 8.73. The number of unbranched alkanes of at least 4 members (excludes halogenated alkanes) is 1. The number of esters is 1. The van der Waals surface area contributed by atoms with Gasteiger partial charge in [0.2, 0.25) is 0 Å². The Balaban J connectivity index is 1.77. The zero-order valence-corrected chi connectivity index (χ0v) is 18.8. The van der Waals surface area contributed by atoms with Crippen LogP contribution in [0.15, 0.2) is 54.6 Å². The van der Waals surface area contributed by atoms with Crippen LogP contribution >= 0.6 is 0 Å². The maximum atomic E-state index is 11.5. The lowest BCUT2D eigenvalue weighted by Gasteiger charge is -2.19. The van der Waals surface area contributed by atoms with Crippen molar-refractivity contribution in [2.45, 2.75) is 83.2 Å². The SMILES string of the molecule is CC(C)OC(=O)CCC/C=C\C[C@H]1[C@@H](O)CC(O)[C@@H]1/C=C/C(O)CCc1ccccc1. The normalized spacial score (nSPS) is 25.0. The molecule has 1 aromatic rings. The Hall–Kier alpha value is -1.95. The predicted molar refractivity (Wildman–Crippen MR) is 122 cm³/mol. The van der Waals surface area contributed by atoms with Crippen molar-refractivity contribution in [2.75, 3.05) is 0 Å². The molecule has 0 heterocycles. The molecule has 172 valence electrons. The van der Waals surface area contributed by atoms with Crippen molar-refractivity contribution in [3.63, 3.8) is 0 Å². The molecule has 0 aromatic heterocycles. The van der Waals surface area contributed by atoms with Crippen molar-refractivity contribution < 1.29 is 24.9 Å². The maximum Gasteiger partial charge on any atom is 0.306 e. The van der Waals surface area contributed by atoms with Gasteiger partial charge in [-0.3, -0.25) is 4.79 Å². The van der Waals surface area contributed by atoms with Crippen LogP contribution in [0.1, 0.15) is 57.9 Å². The van der Waals surface area contributed by atoms with Gasteiger partial charge in [-0.25, -0.2) is 0 Å². The van der Waals surface area contributed by atoms with Crippen LogP contribution in [-0.4, -0.2) is 45.7 Å². The van der Waals surface area contributed by atoms with E-state index in [0.29, 0.717) is 25.7 Å². The first-order chi connectivity index (χ1) is 14.9. The molecule has 1 aliphatic rings. The van der Waals surface area contributed by atoms with Gasteiger partial charge in [-0.1, -0.05) is 54.6 Å². The summed E-state index contributed by atoms with van der Waals surface area (Å²) in [4.78, 5) is 11.5. The molecule has 0 saturated heterocycles. The molecule has 0 radical (unpaired) electrons. The minimum absolute atomic E-state index is 0.0743. The zero-order chi connectivity index (χ0) is 22.6. The number of aryl methyl sites for hydroxylation is 1. The monoisotopic (exact) mass is 430 g/mol. The van der Waals surface area contributed by atoms with E-state index in [0.717, 1.165) is 19.3 Å². The van der Waals surface area contributed by atoms with Gasteiger partial charge >= 0.3 is 5.97 Å². The van der Waals surface area contributed by atoms with E-state index in [1.165, 1.54) is 5.56 Å². The number of aliphatic hydroxyl groups excluding tert-OH is 3. The third-order valence-corrected chi connectivity index (χ3v) is 5.74. The van der Waals surface area contributed by atoms with Crippen molar-refractivity contribution in [3.8, 4) is 0 Å². The predicted octanol–water partition coefficient (Wildman–Crippen LogP) is 3.96. The molecule has 5 heteroatoms. The Morgan fingerprint density at radius 2 is 1.90 bits per heavy atom. The fraction of sp³-hybridized carbons (Fsp3) is 0.577. The maximum absolute atomic E-state index is 11.5. The van der Waals surface area contributed by atoms with Crippen LogP contribution in [0.4, 0.5) is 0 Å². The Morgan fingerprint density at radius 1 is 1.16 bits per heavy atom. The summed E-state index contributed by atoms with van der Waals surface area (Å²) in [5.74, 6) is -0.421. The van der Waals surface area contributed by atoms with Gasteiger partial charge in [-0.05, 0) is 57.4 Å². The molecule has 1 saturated carbocycles. The van der Waals surface area contributed by atoms with Gasteiger partial charge < -0.3 is 20.1 Å². The minimum atomic E-state index is -0.600. The van der Waals surface area contributed by atoms with Crippen LogP contribution in [0.5, 0.6) is 0 Å². The van der Waals surface area contributed by atoms with Crippen molar-refractivity contribution in [1.82, 2.24) is 0 Å². The number of carbonyl (C=O) groups excluding carboxylic acids is 1. The van der Waals surface area contributed by atoms with Gasteiger partial charge in [0.05, 0.1) is 24.4 Å². The van der Waals surface area contributed by atoms with Crippen molar-refractivity contribution in [1.29, 1.82) is 0 Å². The number of carbonyl (C=O) groups is 1. The molecule has 0 bridgehead atoms. The fourth-order valence-corrected chi connectivity index (χ4v) is 4.08. The highest BCUT2D eigenvalue weighted by Gasteiger charge is 2.39. The second kappa shape index (κ2) is 13.5. The molecule has 0 aliphatic heterocycles. The molecule has 2 unspecified atom stereocenters. The first kappa shape index (κ1) is 25.3. The smallest absolute Gasteiger partial charge is 0.306 e. The van der Waals surface area contributed by atoms with E-state index in [9.17, 15) is 20.1 Å². The second-order valence-electron chi connectivity index (χ2n) is 8.73. The van der Waals surface area contributed by atoms with E-state index in [2.05, 4.69) is 0 Å². The molecule has 0 spiro atoms. The van der Waals surface area contributed by atoms with Crippen molar-refractivity contribution >= 4 is 5.97 Å². The average Bonchev–Trinajstić information content (AvgIpc) is 3.00. The van der Waals surface area contributed by atoms with Crippen molar-refractivity contribution in [2.24, 2.45) is 11.8 Å². The number of rotatable bonds is 12. The van der Waals surface area contributed by atoms with Crippen LogP contribution < -0.4 is 0 Å².